The number of fused-ring (bicyclic) bond motifs is 1. The van der Waals surface area contributed by atoms with Gasteiger partial charge in [-0.25, -0.2) is 9.67 Å². The van der Waals surface area contributed by atoms with Crippen molar-refractivity contribution in [1.82, 2.24) is 25.4 Å². The second-order valence-corrected chi connectivity index (χ2v) is 7.96. The Bertz CT molecular complexity index is 915. The molecule has 2 aromatic rings. The van der Waals surface area contributed by atoms with Crippen LogP contribution in [0.4, 0.5) is 0 Å². The summed E-state index contributed by atoms with van der Waals surface area (Å²) in [5.41, 5.74) is 0.136. The molecule has 1 aromatic heterocycles. The Morgan fingerprint density at radius 1 is 1.31 bits per heavy atom. The van der Waals surface area contributed by atoms with E-state index in [0.717, 1.165) is 37.3 Å². The summed E-state index contributed by atoms with van der Waals surface area (Å²) in [5, 5.41) is 10.3. The zero-order valence-corrected chi connectivity index (χ0v) is 16.9. The van der Waals surface area contributed by atoms with Gasteiger partial charge in [-0.3, -0.25) is 9.59 Å². The number of nitrogens with zero attached hydrogens (tertiary/aromatic N) is 3. The second-order valence-electron chi connectivity index (χ2n) is 7.96. The van der Waals surface area contributed by atoms with Gasteiger partial charge in [0.25, 0.3) is 5.91 Å². The van der Waals surface area contributed by atoms with E-state index in [1.54, 1.807) is 6.07 Å². The predicted molar refractivity (Wildman–Crippen MR) is 107 cm³/mol. The van der Waals surface area contributed by atoms with E-state index in [-0.39, 0.29) is 17.7 Å². The monoisotopic (exact) mass is 397 g/mol. The molecule has 0 unspecified atom stereocenters. The molecule has 2 heterocycles. The molecule has 1 aliphatic carbocycles. The van der Waals surface area contributed by atoms with Crippen LogP contribution in [0.25, 0.3) is 0 Å². The van der Waals surface area contributed by atoms with E-state index in [9.17, 15) is 9.59 Å². The Hall–Kier alpha value is -2.90. The predicted octanol–water partition coefficient (Wildman–Crippen LogP) is 1.76. The summed E-state index contributed by atoms with van der Waals surface area (Å²) in [7, 11) is 0. The molecule has 2 amide bonds. The number of carbonyl (C=O) groups is 2. The highest BCUT2D eigenvalue weighted by Crippen LogP contribution is 2.38. The van der Waals surface area contributed by atoms with E-state index in [1.165, 1.54) is 0 Å². The molecule has 1 saturated carbocycles. The van der Waals surface area contributed by atoms with Crippen LogP contribution in [0.2, 0.25) is 0 Å². The van der Waals surface area contributed by atoms with E-state index in [1.807, 2.05) is 36.7 Å². The normalized spacial score (nSPS) is 23.7. The first-order valence-electron chi connectivity index (χ1n) is 10.2. The minimum atomic E-state index is -0.436. The van der Waals surface area contributed by atoms with Crippen molar-refractivity contribution >= 4 is 11.8 Å². The van der Waals surface area contributed by atoms with Crippen molar-refractivity contribution in [2.45, 2.75) is 51.7 Å². The average molecular weight is 397 g/mol. The highest BCUT2D eigenvalue weighted by Gasteiger charge is 2.41. The standard InChI is InChI=1S/C21H27N5O3/c1-14-24-15(2)26(25-14)12-11-22-19(27)16-7-9-21(10-8-16)13-23-20(28)17-5-3-4-6-18(17)29-21/h3-6,16H,7-13H2,1-2H3,(H,22,27)(H,23,28). The Morgan fingerprint density at radius 2 is 2.07 bits per heavy atom. The molecule has 1 spiro atoms. The zero-order valence-electron chi connectivity index (χ0n) is 16.9. The van der Waals surface area contributed by atoms with Gasteiger partial charge in [-0.2, -0.15) is 5.10 Å². The van der Waals surface area contributed by atoms with Crippen molar-refractivity contribution in [2.24, 2.45) is 5.92 Å². The summed E-state index contributed by atoms with van der Waals surface area (Å²) in [6.45, 7) is 5.38. The maximum Gasteiger partial charge on any atom is 0.255 e. The van der Waals surface area contributed by atoms with Crippen molar-refractivity contribution in [3.63, 3.8) is 0 Å². The summed E-state index contributed by atoms with van der Waals surface area (Å²) in [4.78, 5) is 29.2. The van der Waals surface area contributed by atoms with Gasteiger partial charge in [0.2, 0.25) is 5.91 Å². The molecule has 29 heavy (non-hydrogen) atoms. The second kappa shape index (κ2) is 7.85. The van der Waals surface area contributed by atoms with Crippen molar-refractivity contribution in [2.75, 3.05) is 13.1 Å². The molecular formula is C21H27N5O3. The number of aromatic nitrogens is 3. The van der Waals surface area contributed by atoms with Gasteiger partial charge in [0.15, 0.2) is 0 Å². The highest BCUT2D eigenvalue weighted by molar-refractivity contribution is 5.97. The van der Waals surface area contributed by atoms with E-state index in [2.05, 4.69) is 20.7 Å². The summed E-state index contributed by atoms with van der Waals surface area (Å²) in [5.74, 6) is 2.16. The summed E-state index contributed by atoms with van der Waals surface area (Å²) >= 11 is 0. The Morgan fingerprint density at radius 3 is 2.79 bits per heavy atom. The number of hydrogen-bond donors (Lipinski definition) is 2. The number of rotatable bonds is 4. The fraction of sp³-hybridized carbons (Fsp3) is 0.524. The van der Waals surface area contributed by atoms with E-state index in [0.29, 0.717) is 30.9 Å². The number of aryl methyl sites for hydroxylation is 2. The fourth-order valence-electron chi connectivity index (χ4n) is 4.24. The Labute approximate surface area is 170 Å². The fourth-order valence-corrected chi connectivity index (χ4v) is 4.24. The summed E-state index contributed by atoms with van der Waals surface area (Å²) < 4.78 is 8.12. The molecule has 0 radical (unpaired) electrons. The number of hydrogen-bond acceptors (Lipinski definition) is 5. The van der Waals surface area contributed by atoms with Gasteiger partial charge in [0, 0.05) is 12.5 Å². The van der Waals surface area contributed by atoms with Crippen LogP contribution in [0.5, 0.6) is 5.75 Å². The molecule has 1 aromatic carbocycles. The van der Waals surface area contributed by atoms with Crippen LogP contribution in [0, 0.1) is 19.8 Å². The molecule has 2 aliphatic rings. The first kappa shape index (κ1) is 19.4. The Balaban J connectivity index is 1.31. The van der Waals surface area contributed by atoms with E-state index in [4.69, 9.17) is 4.74 Å². The SMILES string of the molecule is Cc1nc(C)n(CCNC(=O)C2CCC3(CC2)CNC(=O)c2ccccc2O3)n1. The first-order chi connectivity index (χ1) is 14.0. The molecule has 154 valence electrons. The Kier molecular flexibility index (Phi) is 5.25. The average Bonchev–Trinajstić information content (AvgIpc) is 2.96. The van der Waals surface area contributed by atoms with Crippen LogP contribution in [0.15, 0.2) is 24.3 Å². The molecule has 4 rings (SSSR count). The smallest absolute Gasteiger partial charge is 0.255 e. The maximum atomic E-state index is 12.6. The molecule has 1 aliphatic heterocycles. The van der Waals surface area contributed by atoms with Gasteiger partial charge >= 0.3 is 0 Å². The highest BCUT2D eigenvalue weighted by atomic mass is 16.5. The molecule has 1 fully saturated rings. The van der Waals surface area contributed by atoms with Crippen LogP contribution >= 0.6 is 0 Å². The van der Waals surface area contributed by atoms with Crippen molar-refractivity contribution in [1.29, 1.82) is 0 Å². The van der Waals surface area contributed by atoms with Gasteiger partial charge in [0.05, 0.1) is 18.7 Å². The molecule has 8 heteroatoms. The van der Waals surface area contributed by atoms with Crippen LogP contribution in [-0.2, 0) is 11.3 Å². The third-order valence-electron chi connectivity index (χ3n) is 5.88. The summed E-state index contributed by atoms with van der Waals surface area (Å²) in [6.07, 6.45) is 2.96. The van der Waals surface area contributed by atoms with Gasteiger partial charge in [0.1, 0.15) is 23.0 Å². The third-order valence-corrected chi connectivity index (χ3v) is 5.88. The number of nitrogens with one attached hydrogen (secondary N) is 2. The lowest BCUT2D eigenvalue weighted by Crippen LogP contribution is -2.49. The van der Waals surface area contributed by atoms with Crippen LogP contribution in [-0.4, -0.2) is 45.3 Å². The number of para-hydroxylation sites is 1. The summed E-state index contributed by atoms with van der Waals surface area (Å²) in [6, 6.07) is 7.33. The minimum Gasteiger partial charge on any atom is -0.485 e. The van der Waals surface area contributed by atoms with E-state index >= 15 is 0 Å². The number of ether oxygens (including phenoxy) is 1. The third kappa shape index (κ3) is 4.11. The number of amides is 2. The van der Waals surface area contributed by atoms with Gasteiger partial charge in [-0.05, 0) is 51.7 Å². The number of benzene rings is 1. The molecule has 0 saturated heterocycles. The molecule has 2 N–H and O–H groups in total. The van der Waals surface area contributed by atoms with Crippen LogP contribution in [0.3, 0.4) is 0 Å². The van der Waals surface area contributed by atoms with Crippen LogP contribution < -0.4 is 15.4 Å². The van der Waals surface area contributed by atoms with Gasteiger partial charge in [-0.15, -0.1) is 0 Å². The molecule has 0 bridgehead atoms. The lowest BCUT2D eigenvalue weighted by atomic mass is 9.78. The topological polar surface area (TPSA) is 98.1 Å². The maximum absolute atomic E-state index is 12.6. The quantitative estimate of drug-likeness (QED) is 0.819. The lowest BCUT2D eigenvalue weighted by Gasteiger charge is -2.39. The van der Waals surface area contributed by atoms with E-state index < -0.39 is 5.60 Å². The lowest BCUT2D eigenvalue weighted by molar-refractivity contribution is -0.127. The molecule has 0 atom stereocenters. The largest absolute Gasteiger partial charge is 0.485 e. The number of carbonyl (C=O) groups excluding carboxylic acids is 2. The molecule has 8 nitrogen and oxygen atoms in total. The molecular weight excluding hydrogens is 370 g/mol. The van der Waals surface area contributed by atoms with Gasteiger partial charge < -0.3 is 15.4 Å². The van der Waals surface area contributed by atoms with Crippen molar-refractivity contribution < 1.29 is 14.3 Å². The van der Waals surface area contributed by atoms with Crippen molar-refractivity contribution in [3.8, 4) is 5.75 Å². The zero-order chi connectivity index (χ0) is 20.4. The van der Waals surface area contributed by atoms with Gasteiger partial charge in [-0.1, -0.05) is 12.1 Å². The first-order valence-corrected chi connectivity index (χ1v) is 10.2. The van der Waals surface area contributed by atoms with Crippen molar-refractivity contribution in [3.05, 3.63) is 41.5 Å². The van der Waals surface area contributed by atoms with Crippen LogP contribution in [0.1, 0.15) is 47.7 Å². The minimum absolute atomic E-state index is 0.0306.